The average Bonchev–Trinajstić information content (AvgIpc) is 2.65. The summed E-state index contributed by atoms with van der Waals surface area (Å²) in [5, 5.41) is 23.4. The Morgan fingerprint density at radius 3 is 2.94 bits per heavy atom. The summed E-state index contributed by atoms with van der Waals surface area (Å²) < 4.78 is 4.65. The minimum atomic E-state index is -1.23. The monoisotopic (exact) mass is 221 g/mol. The van der Waals surface area contributed by atoms with Crippen LogP contribution < -0.4 is 0 Å². The van der Waals surface area contributed by atoms with E-state index in [2.05, 4.69) is 25.2 Å². The fraction of sp³-hybridized carbons (Fsp3) is 0.556. The van der Waals surface area contributed by atoms with Crippen LogP contribution in [0.1, 0.15) is 20.3 Å². The first-order valence-corrected chi connectivity index (χ1v) is 4.74. The van der Waals surface area contributed by atoms with Crippen molar-refractivity contribution in [3.63, 3.8) is 0 Å². The topological polar surface area (TPSA) is 99.5 Å². The molecule has 0 aromatic heterocycles. The molecule has 7 nitrogen and oxygen atoms in total. The highest BCUT2D eigenvalue weighted by atomic mass is 16.5. The molecule has 1 heterocycles. The summed E-state index contributed by atoms with van der Waals surface area (Å²) in [6.07, 6.45) is 0.491. The number of nitrogens with zero attached hydrogens (tertiary/aromatic N) is 5. The first kappa shape index (κ1) is 12.0. The lowest BCUT2D eigenvalue weighted by atomic mass is 10.3. The van der Waals surface area contributed by atoms with E-state index in [-0.39, 0.29) is 6.61 Å². The minimum Gasteiger partial charge on any atom is -0.464 e. The molecule has 0 amide bonds. The van der Waals surface area contributed by atoms with E-state index in [9.17, 15) is 4.79 Å². The molecule has 0 saturated carbocycles. The highest BCUT2D eigenvalue weighted by Crippen LogP contribution is 2.04. The maximum Gasteiger partial charge on any atom is 0.347 e. The SMILES string of the molecule is CCOC(=O)C(C#N)N=NC1=NN=C(C)C1. The molecule has 1 rings (SSSR count). The minimum absolute atomic E-state index is 0.204. The largest absolute Gasteiger partial charge is 0.464 e. The van der Waals surface area contributed by atoms with Crippen molar-refractivity contribution < 1.29 is 9.53 Å². The molecule has 0 N–H and O–H groups in total. The predicted octanol–water partition coefficient (Wildman–Crippen LogP) is 1.07. The quantitative estimate of drug-likeness (QED) is 0.526. The van der Waals surface area contributed by atoms with Crippen molar-refractivity contribution >= 4 is 17.5 Å². The second-order valence-corrected chi connectivity index (χ2v) is 3.03. The van der Waals surface area contributed by atoms with E-state index in [1.807, 2.05) is 0 Å². The van der Waals surface area contributed by atoms with Gasteiger partial charge in [-0.25, -0.2) is 4.79 Å². The van der Waals surface area contributed by atoms with E-state index in [4.69, 9.17) is 5.26 Å². The van der Waals surface area contributed by atoms with E-state index < -0.39 is 12.0 Å². The third kappa shape index (κ3) is 3.24. The highest BCUT2D eigenvalue weighted by Gasteiger charge is 2.18. The van der Waals surface area contributed by atoms with Gasteiger partial charge < -0.3 is 4.74 Å². The Balaban J connectivity index is 2.55. The van der Waals surface area contributed by atoms with E-state index in [0.717, 1.165) is 5.71 Å². The fourth-order valence-electron chi connectivity index (χ4n) is 0.969. The van der Waals surface area contributed by atoms with Crippen molar-refractivity contribution in [1.29, 1.82) is 5.26 Å². The summed E-state index contributed by atoms with van der Waals surface area (Å²) in [4.78, 5) is 11.2. The number of amidine groups is 1. The molecular formula is C9H11N5O2. The average molecular weight is 221 g/mol. The van der Waals surface area contributed by atoms with Crippen molar-refractivity contribution in [2.45, 2.75) is 26.3 Å². The molecule has 0 aromatic carbocycles. The predicted molar refractivity (Wildman–Crippen MR) is 56.1 cm³/mol. The van der Waals surface area contributed by atoms with E-state index in [0.29, 0.717) is 12.3 Å². The van der Waals surface area contributed by atoms with Crippen LogP contribution in [-0.4, -0.2) is 30.2 Å². The Morgan fingerprint density at radius 2 is 2.44 bits per heavy atom. The van der Waals surface area contributed by atoms with Crippen molar-refractivity contribution in [3.8, 4) is 6.07 Å². The van der Waals surface area contributed by atoms with Crippen LogP contribution in [0.2, 0.25) is 0 Å². The summed E-state index contributed by atoms with van der Waals surface area (Å²) >= 11 is 0. The molecule has 0 fully saturated rings. The number of ether oxygens (including phenoxy) is 1. The highest BCUT2D eigenvalue weighted by molar-refractivity contribution is 6.05. The summed E-state index contributed by atoms with van der Waals surface area (Å²) in [6.45, 7) is 3.66. The van der Waals surface area contributed by atoms with Gasteiger partial charge in [0.1, 0.15) is 6.07 Å². The number of carbonyl (C=O) groups is 1. The van der Waals surface area contributed by atoms with E-state index in [1.54, 1.807) is 19.9 Å². The van der Waals surface area contributed by atoms with Crippen molar-refractivity contribution in [1.82, 2.24) is 0 Å². The van der Waals surface area contributed by atoms with Crippen LogP contribution in [-0.2, 0) is 9.53 Å². The Morgan fingerprint density at radius 1 is 1.69 bits per heavy atom. The van der Waals surface area contributed by atoms with Gasteiger partial charge in [0.05, 0.1) is 13.0 Å². The van der Waals surface area contributed by atoms with E-state index >= 15 is 0 Å². The Bertz CT molecular complexity index is 405. The molecular weight excluding hydrogens is 210 g/mol. The van der Waals surface area contributed by atoms with Gasteiger partial charge in [-0.05, 0) is 13.8 Å². The van der Waals surface area contributed by atoms with Crippen molar-refractivity contribution in [2.75, 3.05) is 6.61 Å². The molecule has 16 heavy (non-hydrogen) atoms. The second kappa shape index (κ2) is 5.70. The maximum absolute atomic E-state index is 11.2. The number of hydrogen-bond acceptors (Lipinski definition) is 7. The molecule has 1 aliphatic rings. The van der Waals surface area contributed by atoms with Crippen LogP contribution in [0.4, 0.5) is 0 Å². The molecule has 1 unspecified atom stereocenters. The van der Waals surface area contributed by atoms with Crippen molar-refractivity contribution in [3.05, 3.63) is 0 Å². The Labute approximate surface area is 92.5 Å². The molecule has 0 aromatic rings. The van der Waals surface area contributed by atoms with Crippen LogP contribution in [0.15, 0.2) is 20.4 Å². The van der Waals surface area contributed by atoms with Crippen LogP contribution in [0, 0.1) is 11.3 Å². The molecule has 0 bridgehead atoms. The summed E-state index contributed by atoms with van der Waals surface area (Å²) in [7, 11) is 0. The Kier molecular flexibility index (Phi) is 4.27. The molecule has 1 aliphatic heterocycles. The number of hydrogen-bond donors (Lipinski definition) is 0. The molecule has 84 valence electrons. The standard InChI is InChI=1S/C9H11N5O2/c1-3-16-9(15)7(5-10)12-14-8-4-6(2)11-13-8/h7H,3-4H2,1-2H3. The molecule has 0 aliphatic carbocycles. The van der Waals surface area contributed by atoms with Crippen LogP contribution in [0.25, 0.3) is 0 Å². The summed E-state index contributed by atoms with van der Waals surface area (Å²) in [5.41, 5.74) is 0.818. The lowest BCUT2D eigenvalue weighted by Crippen LogP contribution is -2.19. The Hall–Kier alpha value is -2.10. The number of esters is 1. The second-order valence-electron chi connectivity index (χ2n) is 3.03. The third-order valence-electron chi connectivity index (χ3n) is 1.67. The first-order chi connectivity index (χ1) is 7.67. The number of nitriles is 1. The van der Waals surface area contributed by atoms with Gasteiger partial charge in [0.15, 0.2) is 5.84 Å². The lowest BCUT2D eigenvalue weighted by Gasteiger charge is -2.01. The zero-order valence-electron chi connectivity index (χ0n) is 9.04. The van der Waals surface area contributed by atoms with Gasteiger partial charge in [-0.1, -0.05) is 0 Å². The van der Waals surface area contributed by atoms with Crippen LogP contribution in [0.5, 0.6) is 0 Å². The first-order valence-electron chi connectivity index (χ1n) is 4.74. The number of azo groups is 1. The molecule has 0 spiro atoms. The smallest absolute Gasteiger partial charge is 0.347 e. The van der Waals surface area contributed by atoms with Gasteiger partial charge in [-0.2, -0.15) is 15.5 Å². The molecule has 1 atom stereocenters. The molecule has 7 heteroatoms. The lowest BCUT2D eigenvalue weighted by molar-refractivity contribution is -0.143. The summed E-state index contributed by atoms with van der Waals surface area (Å²) in [6, 6.07) is 0.462. The van der Waals surface area contributed by atoms with Crippen LogP contribution in [0.3, 0.4) is 0 Å². The van der Waals surface area contributed by atoms with E-state index in [1.165, 1.54) is 0 Å². The zero-order chi connectivity index (χ0) is 12.0. The molecule has 0 saturated heterocycles. The van der Waals surface area contributed by atoms with Crippen molar-refractivity contribution in [2.24, 2.45) is 20.4 Å². The maximum atomic E-state index is 11.2. The summed E-state index contributed by atoms with van der Waals surface area (Å²) in [5.74, 6) is -0.313. The van der Waals surface area contributed by atoms with Gasteiger partial charge in [0.2, 0.25) is 0 Å². The normalized spacial score (nSPS) is 16.6. The van der Waals surface area contributed by atoms with Gasteiger partial charge in [-0.15, -0.1) is 10.2 Å². The van der Waals surface area contributed by atoms with Gasteiger partial charge in [-0.3, -0.25) is 0 Å². The number of carbonyl (C=O) groups excluding carboxylic acids is 1. The van der Waals surface area contributed by atoms with Crippen LogP contribution >= 0.6 is 0 Å². The third-order valence-corrected chi connectivity index (χ3v) is 1.67. The number of rotatable bonds is 3. The fourth-order valence-corrected chi connectivity index (χ4v) is 0.969. The van der Waals surface area contributed by atoms with Gasteiger partial charge in [0.25, 0.3) is 6.04 Å². The molecule has 0 radical (unpaired) electrons. The van der Waals surface area contributed by atoms with Gasteiger partial charge >= 0.3 is 5.97 Å². The zero-order valence-corrected chi connectivity index (χ0v) is 9.04. The van der Waals surface area contributed by atoms with Gasteiger partial charge in [0, 0.05) is 5.71 Å².